The largest absolute Gasteiger partial charge is 0.496 e. The number of methoxy groups -OCH3 is 1. The number of benzene rings is 2. The summed E-state index contributed by atoms with van der Waals surface area (Å²) in [7, 11) is 1.51. The lowest BCUT2D eigenvalue weighted by atomic mass is 10.1. The first-order valence-electron chi connectivity index (χ1n) is 7.99. The summed E-state index contributed by atoms with van der Waals surface area (Å²) in [6.45, 7) is 4.24. The van der Waals surface area contributed by atoms with Gasteiger partial charge in [-0.05, 0) is 44.2 Å². The van der Waals surface area contributed by atoms with Crippen LogP contribution < -0.4 is 14.8 Å². The Balaban J connectivity index is 2.28. The number of carbonyl (C=O) groups excluding carboxylic acids is 2. The second-order valence-corrected chi connectivity index (χ2v) is 5.02. The summed E-state index contributed by atoms with van der Waals surface area (Å²) in [5, 5.41) is 2.79. The van der Waals surface area contributed by atoms with Crippen molar-refractivity contribution in [3.63, 3.8) is 0 Å². The Bertz CT molecular complexity index is 757. The molecule has 2 aromatic carbocycles. The first-order valence-corrected chi connectivity index (χ1v) is 7.99. The molecule has 0 atom stereocenters. The summed E-state index contributed by atoms with van der Waals surface area (Å²) in [6.07, 6.45) is 0. The maximum absolute atomic E-state index is 12.5. The third kappa shape index (κ3) is 4.50. The summed E-state index contributed by atoms with van der Waals surface area (Å²) in [5.74, 6) is 0.103. The monoisotopic (exact) mass is 343 g/mol. The SMILES string of the molecule is CCOC(=O)c1ccc(NC(=O)c2ccccc2OC)c(OCC)c1. The van der Waals surface area contributed by atoms with Gasteiger partial charge in [0.05, 0.1) is 37.1 Å². The molecule has 0 aliphatic rings. The molecule has 0 fully saturated rings. The van der Waals surface area contributed by atoms with E-state index in [9.17, 15) is 9.59 Å². The number of anilines is 1. The number of para-hydroxylation sites is 1. The van der Waals surface area contributed by atoms with Gasteiger partial charge >= 0.3 is 5.97 Å². The van der Waals surface area contributed by atoms with E-state index >= 15 is 0 Å². The van der Waals surface area contributed by atoms with Crippen molar-refractivity contribution in [3.8, 4) is 11.5 Å². The standard InChI is InChI=1S/C19H21NO5/c1-4-24-17-12-13(19(22)25-5-2)10-11-15(17)20-18(21)14-8-6-7-9-16(14)23-3/h6-12H,4-5H2,1-3H3,(H,20,21). The van der Waals surface area contributed by atoms with E-state index < -0.39 is 5.97 Å². The maximum Gasteiger partial charge on any atom is 0.338 e. The highest BCUT2D eigenvalue weighted by molar-refractivity contribution is 6.07. The summed E-state index contributed by atoms with van der Waals surface area (Å²) in [6, 6.07) is 11.7. The summed E-state index contributed by atoms with van der Waals surface area (Å²) < 4.78 is 15.7. The molecule has 0 unspecified atom stereocenters. The van der Waals surface area contributed by atoms with E-state index in [1.165, 1.54) is 7.11 Å². The van der Waals surface area contributed by atoms with E-state index in [4.69, 9.17) is 14.2 Å². The van der Waals surface area contributed by atoms with Gasteiger partial charge in [-0.1, -0.05) is 12.1 Å². The number of hydrogen-bond donors (Lipinski definition) is 1. The molecular weight excluding hydrogens is 322 g/mol. The van der Waals surface area contributed by atoms with Gasteiger partial charge in [0.2, 0.25) is 0 Å². The third-order valence-electron chi connectivity index (χ3n) is 3.39. The Kier molecular flexibility index (Phi) is 6.39. The predicted molar refractivity (Wildman–Crippen MR) is 94.5 cm³/mol. The Labute approximate surface area is 146 Å². The highest BCUT2D eigenvalue weighted by Gasteiger charge is 2.16. The molecule has 0 spiro atoms. The van der Waals surface area contributed by atoms with Gasteiger partial charge in [-0.25, -0.2) is 4.79 Å². The molecule has 1 N–H and O–H groups in total. The molecule has 2 rings (SSSR count). The first-order chi connectivity index (χ1) is 12.1. The van der Waals surface area contributed by atoms with Gasteiger partial charge in [-0.3, -0.25) is 4.79 Å². The molecule has 6 heteroatoms. The quantitative estimate of drug-likeness (QED) is 0.779. The minimum atomic E-state index is -0.439. The molecule has 0 radical (unpaired) electrons. The zero-order chi connectivity index (χ0) is 18.2. The Hall–Kier alpha value is -3.02. The fraction of sp³-hybridized carbons (Fsp3) is 0.263. The Morgan fingerprint density at radius 1 is 1.00 bits per heavy atom. The zero-order valence-electron chi connectivity index (χ0n) is 14.5. The van der Waals surface area contributed by atoms with Gasteiger partial charge in [-0.15, -0.1) is 0 Å². The minimum Gasteiger partial charge on any atom is -0.496 e. The van der Waals surface area contributed by atoms with Crippen molar-refractivity contribution in [3.05, 3.63) is 53.6 Å². The lowest BCUT2D eigenvalue weighted by molar-refractivity contribution is 0.0526. The van der Waals surface area contributed by atoms with Crippen LogP contribution >= 0.6 is 0 Å². The van der Waals surface area contributed by atoms with Crippen LogP contribution in [0, 0.1) is 0 Å². The fourth-order valence-corrected chi connectivity index (χ4v) is 2.26. The number of carbonyl (C=O) groups is 2. The van der Waals surface area contributed by atoms with Crippen molar-refractivity contribution < 1.29 is 23.8 Å². The average Bonchev–Trinajstić information content (AvgIpc) is 2.63. The minimum absolute atomic E-state index is 0.287. The van der Waals surface area contributed by atoms with Crippen LogP contribution in [0.15, 0.2) is 42.5 Å². The zero-order valence-corrected chi connectivity index (χ0v) is 14.5. The van der Waals surface area contributed by atoms with Crippen LogP contribution in [0.1, 0.15) is 34.6 Å². The number of amides is 1. The van der Waals surface area contributed by atoms with Crippen LogP contribution in [0.3, 0.4) is 0 Å². The molecule has 0 aliphatic carbocycles. The van der Waals surface area contributed by atoms with Gasteiger partial charge in [0.15, 0.2) is 0 Å². The summed E-state index contributed by atoms with van der Waals surface area (Å²) in [4.78, 5) is 24.4. The van der Waals surface area contributed by atoms with E-state index in [0.717, 1.165) is 0 Å². The second-order valence-electron chi connectivity index (χ2n) is 5.02. The molecule has 0 saturated carbocycles. The van der Waals surface area contributed by atoms with Crippen LogP contribution in [0.4, 0.5) is 5.69 Å². The van der Waals surface area contributed by atoms with E-state index in [1.54, 1.807) is 49.4 Å². The van der Waals surface area contributed by atoms with Gasteiger partial charge in [0.1, 0.15) is 11.5 Å². The maximum atomic E-state index is 12.5. The van der Waals surface area contributed by atoms with E-state index in [2.05, 4.69) is 5.32 Å². The molecule has 0 heterocycles. The summed E-state index contributed by atoms with van der Waals surface area (Å²) >= 11 is 0. The van der Waals surface area contributed by atoms with Gasteiger partial charge in [0, 0.05) is 0 Å². The highest BCUT2D eigenvalue weighted by atomic mass is 16.5. The molecule has 132 valence electrons. The fourth-order valence-electron chi connectivity index (χ4n) is 2.26. The molecular formula is C19H21NO5. The highest BCUT2D eigenvalue weighted by Crippen LogP contribution is 2.28. The van der Waals surface area contributed by atoms with E-state index in [-0.39, 0.29) is 12.5 Å². The van der Waals surface area contributed by atoms with Crippen molar-refractivity contribution >= 4 is 17.6 Å². The van der Waals surface area contributed by atoms with Crippen LogP contribution in [-0.4, -0.2) is 32.2 Å². The molecule has 6 nitrogen and oxygen atoms in total. The summed E-state index contributed by atoms with van der Waals surface area (Å²) in [5.41, 5.74) is 1.23. The normalized spacial score (nSPS) is 10.0. The van der Waals surface area contributed by atoms with E-state index in [0.29, 0.717) is 34.9 Å². The Morgan fingerprint density at radius 2 is 1.76 bits per heavy atom. The predicted octanol–water partition coefficient (Wildman–Crippen LogP) is 3.52. The molecule has 0 aliphatic heterocycles. The smallest absolute Gasteiger partial charge is 0.338 e. The van der Waals surface area contributed by atoms with Crippen molar-refractivity contribution in [2.75, 3.05) is 25.6 Å². The number of esters is 1. The lowest BCUT2D eigenvalue weighted by Gasteiger charge is -2.14. The topological polar surface area (TPSA) is 73.9 Å². The second kappa shape index (κ2) is 8.73. The van der Waals surface area contributed by atoms with Crippen LogP contribution in [0.25, 0.3) is 0 Å². The van der Waals surface area contributed by atoms with Crippen molar-refractivity contribution in [1.82, 2.24) is 0 Å². The molecule has 2 aromatic rings. The molecule has 0 aromatic heterocycles. The number of nitrogens with one attached hydrogen (secondary N) is 1. The van der Waals surface area contributed by atoms with Crippen LogP contribution in [0.5, 0.6) is 11.5 Å². The molecule has 25 heavy (non-hydrogen) atoms. The lowest BCUT2D eigenvalue weighted by Crippen LogP contribution is -2.14. The molecule has 0 saturated heterocycles. The molecule has 1 amide bonds. The van der Waals surface area contributed by atoms with Gasteiger partial charge in [-0.2, -0.15) is 0 Å². The third-order valence-corrected chi connectivity index (χ3v) is 3.39. The Morgan fingerprint density at radius 3 is 2.44 bits per heavy atom. The van der Waals surface area contributed by atoms with E-state index in [1.807, 2.05) is 6.92 Å². The molecule has 0 bridgehead atoms. The number of hydrogen-bond acceptors (Lipinski definition) is 5. The van der Waals surface area contributed by atoms with Crippen molar-refractivity contribution in [2.24, 2.45) is 0 Å². The first kappa shape index (κ1) is 18.3. The van der Waals surface area contributed by atoms with Crippen molar-refractivity contribution in [2.45, 2.75) is 13.8 Å². The van der Waals surface area contributed by atoms with Gasteiger partial charge in [0.25, 0.3) is 5.91 Å². The van der Waals surface area contributed by atoms with Crippen LogP contribution in [-0.2, 0) is 4.74 Å². The van der Waals surface area contributed by atoms with Gasteiger partial charge < -0.3 is 19.5 Å². The number of ether oxygens (including phenoxy) is 3. The number of rotatable bonds is 7. The van der Waals surface area contributed by atoms with Crippen molar-refractivity contribution in [1.29, 1.82) is 0 Å². The average molecular weight is 343 g/mol. The van der Waals surface area contributed by atoms with Crippen LogP contribution in [0.2, 0.25) is 0 Å².